The minimum absolute atomic E-state index is 0.0860. The van der Waals surface area contributed by atoms with E-state index in [1.807, 2.05) is 18.2 Å². The molecule has 0 saturated carbocycles. The summed E-state index contributed by atoms with van der Waals surface area (Å²) >= 11 is 0. The minimum atomic E-state index is 0.0860. The van der Waals surface area contributed by atoms with Gasteiger partial charge in [-0.15, -0.1) is 0 Å². The molecule has 0 aromatic heterocycles. The molecule has 1 heterocycles. The lowest BCUT2D eigenvalue weighted by molar-refractivity contribution is -0.128. The molecule has 1 aromatic carbocycles. The summed E-state index contributed by atoms with van der Waals surface area (Å²) in [6, 6.07) is 5.61. The Morgan fingerprint density at radius 1 is 1.38 bits per heavy atom. The largest absolute Gasteiger partial charge is 0.493 e. The topological polar surface area (TPSA) is 87.5 Å². The van der Waals surface area contributed by atoms with E-state index in [1.54, 1.807) is 19.1 Å². The molecule has 0 radical (unpaired) electrons. The van der Waals surface area contributed by atoms with Gasteiger partial charge in [-0.3, -0.25) is 4.79 Å². The van der Waals surface area contributed by atoms with Crippen LogP contribution in [0.2, 0.25) is 0 Å². The molecule has 7 nitrogen and oxygen atoms in total. The molecule has 2 rings (SSSR count). The van der Waals surface area contributed by atoms with Gasteiger partial charge in [0.1, 0.15) is 0 Å². The van der Waals surface area contributed by atoms with Gasteiger partial charge in [-0.25, -0.2) is 0 Å². The lowest BCUT2D eigenvalue weighted by Crippen LogP contribution is -2.24. The van der Waals surface area contributed by atoms with Crippen molar-refractivity contribution in [1.82, 2.24) is 4.90 Å². The number of amides is 1. The quantitative estimate of drug-likeness (QED) is 0.457. The zero-order valence-electron chi connectivity index (χ0n) is 12.2. The fraction of sp³-hybridized carbons (Fsp3) is 0.500. The molecule has 1 aliphatic heterocycles. The highest BCUT2D eigenvalue weighted by Crippen LogP contribution is 2.29. The Hall–Kier alpha value is -2.40. The van der Waals surface area contributed by atoms with Gasteiger partial charge in [0.25, 0.3) is 0 Å². The second kappa shape index (κ2) is 6.85. The number of carbonyl (C=O) groups excluding carboxylic acids is 1. The smallest absolute Gasteiger partial charge is 0.223 e. The SMILES string of the molecule is COc1ccc(CN2CC(CN=[N+]=[N-])CC2=O)cc1OC. The van der Waals surface area contributed by atoms with Gasteiger partial charge in [0.05, 0.1) is 14.2 Å². The van der Waals surface area contributed by atoms with Crippen LogP contribution in [0, 0.1) is 5.92 Å². The number of likely N-dealkylation sites (tertiary alicyclic amines) is 1. The molecule has 1 atom stereocenters. The molecule has 1 amide bonds. The lowest BCUT2D eigenvalue weighted by Gasteiger charge is -2.17. The van der Waals surface area contributed by atoms with Crippen molar-refractivity contribution in [1.29, 1.82) is 0 Å². The molecule has 21 heavy (non-hydrogen) atoms. The first kappa shape index (κ1) is 15.0. The van der Waals surface area contributed by atoms with Crippen LogP contribution in [0.3, 0.4) is 0 Å². The number of nitrogens with zero attached hydrogens (tertiary/aromatic N) is 4. The van der Waals surface area contributed by atoms with Crippen molar-refractivity contribution in [2.75, 3.05) is 27.3 Å². The van der Waals surface area contributed by atoms with E-state index in [0.717, 1.165) is 5.56 Å². The van der Waals surface area contributed by atoms with Crippen LogP contribution in [-0.4, -0.2) is 38.1 Å². The Labute approximate surface area is 123 Å². The van der Waals surface area contributed by atoms with Crippen LogP contribution in [0.4, 0.5) is 0 Å². The third-order valence-corrected chi connectivity index (χ3v) is 3.52. The number of methoxy groups -OCH3 is 2. The summed E-state index contributed by atoms with van der Waals surface area (Å²) in [6.07, 6.45) is 0.437. The fourth-order valence-electron chi connectivity index (χ4n) is 2.48. The van der Waals surface area contributed by atoms with Crippen molar-refractivity contribution in [3.8, 4) is 11.5 Å². The first-order valence-corrected chi connectivity index (χ1v) is 6.67. The van der Waals surface area contributed by atoms with Crippen LogP contribution < -0.4 is 9.47 Å². The predicted octanol–water partition coefficient (Wildman–Crippen LogP) is 2.36. The molecule has 0 aliphatic carbocycles. The number of azide groups is 1. The van der Waals surface area contributed by atoms with Gasteiger partial charge in [-0.05, 0) is 29.1 Å². The third kappa shape index (κ3) is 3.58. The van der Waals surface area contributed by atoms with Crippen LogP contribution in [0.1, 0.15) is 12.0 Å². The van der Waals surface area contributed by atoms with E-state index in [1.165, 1.54) is 0 Å². The molecule has 1 aromatic rings. The molecule has 1 fully saturated rings. The summed E-state index contributed by atoms with van der Waals surface area (Å²) < 4.78 is 10.5. The summed E-state index contributed by atoms with van der Waals surface area (Å²) in [5, 5.41) is 3.54. The first-order valence-electron chi connectivity index (χ1n) is 6.67. The van der Waals surface area contributed by atoms with Crippen molar-refractivity contribution < 1.29 is 14.3 Å². The molecular formula is C14H18N4O3. The molecule has 0 bridgehead atoms. The molecule has 1 saturated heterocycles. The average Bonchev–Trinajstić information content (AvgIpc) is 2.85. The molecule has 0 spiro atoms. The van der Waals surface area contributed by atoms with E-state index in [2.05, 4.69) is 10.0 Å². The van der Waals surface area contributed by atoms with Crippen molar-refractivity contribution in [3.63, 3.8) is 0 Å². The zero-order chi connectivity index (χ0) is 15.2. The van der Waals surface area contributed by atoms with E-state index < -0.39 is 0 Å². The van der Waals surface area contributed by atoms with Crippen LogP contribution in [0.15, 0.2) is 23.3 Å². The van der Waals surface area contributed by atoms with Crippen LogP contribution in [0.5, 0.6) is 11.5 Å². The molecule has 1 unspecified atom stereocenters. The van der Waals surface area contributed by atoms with E-state index in [0.29, 0.717) is 37.6 Å². The Morgan fingerprint density at radius 3 is 2.81 bits per heavy atom. The van der Waals surface area contributed by atoms with Crippen molar-refractivity contribution >= 4 is 5.91 Å². The maximum atomic E-state index is 12.0. The van der Waals surface area contributed by atoms with Gasteiger partial charge in [-0.1, -0.05) is 11.2 Å². The normalized spacial score (nSPS) is 17.5. The van der Waals surface area contributed by atoms with Gasteiger partial charge < -0.3 is 14.4 Å². The summed E-state index contributed by atoms with van der Waals surface area (Å²) in [7, 11) is 3.17. The van der Waals surface area contributed by atoms with Gasteiger partial charge >= 0.3 is 0 Å². The number of hydrogen-bond acceptors (Lipinski definition) is 4. The molecule has 0 N–H and O–H groups in total. The first-order chi connectivity index (χ1) is 10.2. The van der Waals surface area contributed by atoms with Gasteiger partial charge in [-0.2, -0.15) is 0 Å². The minimum Gasteiger partial charge on any atom is -0.493 e. The van der Waals surface area contributed by atoms with Crippen LogP contribution in [-0.2, 0) is 11.3 Å². The summed E-state index contributed by atoms with van der Waals surface area (Å²) in [4.78, 5) is 16.5. The van der Waals surface area contributed by atoms with E-state index in [-0.39, 0.29) is 11.8 Å². The number of benzene rings is 1. The molecule has 112 valence electrons. The zero-order valence-corrected chi connectivity index (χ0v) is 12.2. The predicted molar refractivity (Wildman–Crippen MR) is 77.1 cm³/mol. The third-order valence-electron chi connectivity index (χ3n) is 3.52. The van der Waals surface area contributed by atoms with Crippen LogP contribution >= 0.6 is 0 Å². The van der Waals surface area contributed by atoms with E-state index >= 15 is 0 Å². The lowest BCUT2D eigenvalue weighted by atomic mass is 10.1. The summed E-state index contributed by atoms with van der Waals surface area (Å²) in [6.45, 7) is 1.50. The maximum absolute atomic E-state index is 12.0. The highest BCUT2D eigenvalue weighted by molar-refractivity contribution is 5.78. The number of ether oxygens (including phenoxy) is 2. The van der Waals surface area contributed by atoms with Crippen molar-refractivity contribution in [3.05, 3.63) is 34.2 Å². The molecular weight excluding hydrogens is 272 g/mol. The molecule has 1 aliphatic rings. The Kier molecular flexibility index (Phi) is 4.90. The van der Waals surface area contributed by atoms with Crippen LogP contribution in [0.25, 0.3) is 10.4 Å². The van der Waals surface area contributed by atoms with Crippen molar-refractivity contribution in [2.24, 2.45) is 11.0 Å². The van der Waals surface area contributed by atoms with Gasteiger partial charge in [0, 0.05) is 31.0 Å². The fourth-order valence-corrected chi connectivity index (χ4v) is 2.48. The number of carbonyl (C=O) groups is 1. The van der Waals surface area contributed by atoms with Gasteiger partial charge in [0.15, 0.2) is 11.5 Å². The van der Waals surface area contributed by atoms with E-state index in [9.17, 15) is 4.79 Å². The number of hydrogen-bond donors (Lipinski definition) is 0. The maximum Gasteiger partial charge on any atom is 0.223 e. The second-order valence-electron chi connectivity index (χ2n) is 4.95. The van der Waals surface area contributed by atoms with Crippen molar-refractivity contribution in [2.45, 2.75) is 13.0 Å². The summed E-state index contributed by atoms with van der Waals surface area (Å²) in [5.41, 5.74) is 9.31. The Balaban J connectivity index is 2.04. The highest BCUT2D eigenvalue weighted by atomic mass is 16.5. The highest BCUT2D eigenvalue weighted by Gasteiger charge is 2.29. The average molecular weight is 290 g/mol. The Bertz CT molecular complexity index is 569. The standard InChI is InChI=1S/C14H18N4O3/c1-20-12-4-3-10(5-13(12)21-2)8-18-9-11(6-14(18)19)7-16-17-15/h3-5,11H,6-9H2,1-2H3. The summed E-state index contributed by atoms with van der Waals surface area (Å²) in [5.74, 6) is 1.50. The Morgan fingerprint density at radius 2 is 2.14 bits per heavy atom. The monoisotopic (exact) mass is 290 g/mol. The molecule has 7 heteroatoms. The number of rotatable bonds is 6. The second-order valence-corrected chi connectivity index (χ2v) is 4.95. The van der Waals surface area contributed by atoms with Gasteiger partial charge in [0.2, 0.25) is 5.91 Å². The van der Waals surface area contributed by atoms with E-state index in [4.69, 9.17) is 15.0 Å².